The van der Waals surface area contributed by atoms with E-state index in [1.54, 1.807) is 37.3 Å². The van der Waals surface area contributed by atoms with E-state index < -0.39 is 28.0 Å². The van der Waals surface area contributed by atoms with Crippen LogP contribution >= 0.6 is 27.5 Å². The maximum Gasteiger partial charge on any atom is 0.339 e. The fourth-order valence-electron chi connectivity index (χ4n) is 3.43. The normalized spacial score (nSPS) is 15.1. The van der Waals surface area contributed by atoms with E-state index in [9.17, 15) is 22.8 Å². The molecule has 1 heterocycles. The molecule has 0 aromatic heterocycles. The molecule has 4 rings (SSSR count). The van der Waals surface area contributed by atoms with Gasteiger partial charge in [0, 0.05) is 5.02 Å². The third-order valence-electron chi connectivity index (χ3n) is 5.04. The summed E-state index contributed by atoms with van der Waals surface area (Å²) >= 11 is 9.28. The van der Waals surface area contributed by atoms with Crippen LogP contribution in [0.1, 0.15) is 12.5 Å². The summed E-state index contributed by atoms with van der Waals surface area (Å²) in [6.45, 7) is 1.87. The van der Waals surface area contributed by atoms with E-state index in [0.717, 1.165) is 4.90 Å². The summed E-state index contributed by atoms with van der Waals surface area (Å²) in [4.78, 5) is 38.9. The van der Waals surface area contributed by atoms with Crippen molar-refractivity contribution < 1.29 is 31.7 Å². The number of amides is 4. The van der Waals surface area contributed by atoms with Crippen molar-refractivity contribution in [2.75, 3.05) is 11.5 Å². The fourth-order valence-corrected chi connectivity index (χ4v) is 5.24. The van der Waals surface area contributed by atoms with Crippen molar-refractivity contribution in [3.63, 3.8) is 0 Å². The lowest BCUT2D eigenvalue weighted by atomic mass is 10.1. The molecule has 0 unspecified atom stereocenters. The van der Waals surface area contributed by atoms with Gasteiger partial charge in [-0.25, -0.2) is 9.69 Å². The van der Waals surface area contributed by atoms with Gasteiger partial charge in [-0.3, -0.25) is 14.9 Å². The van der Waals surface area contributed by atoms with E-state index in [-0.39, 0.29) is 38.7 Å². The van der Waals surface area contributed by atoms with Crippen LogP contribution in [-0.2, 0) is 19.7 Å². The molecule has 0 bridgehead atoms. The topological polar surface area (TPSA) is 119 Å². The van der Waals surface area contributed by atoms with E-state index in [1.807, 2.05) is 0 Å². The maximum atomic E-state index is 13.2. The quantitative estimate of drug-likeness (QED) is 0.230. The summed E-state index contributed by atoms with van der Waals surface area (Å²) in [5.74, 6) is -1.82. The Kier molecular flexibility index (Phi) is 7.67. The van der Waals surface area contributed by atoms with Gasteiger partial charge in [-0.1, -0.05) is 35.9 Å². The number of benzene rings is 3. The number of nitrogens with one attached hydrogen (secondary N) is 1. The zero-order valence-electron chi connectivity index (χ0n) is 19.1. The second-order valence-electron chi connectivity index (χ2n) is 7.55. The minimum absolute atomic E-state index is 0.0502. The highest BCUT2D eigenvalue weighted by Gasteiger charge is 2.37. The number of rotatable bonds is 7. The molecule has 1 aliphatic heterocycles. The smallest absolute Gasteiger partial charge is 0.339 e. The molecule has 1 N–H and O–H groups in total. The third-order valence-corrected chi connectivity index (χ3v) is 7.10. The largest absolute Gasteiger partial charge is 0.490 e. The Morgan fingerprint density at radius 1 is 1.03 bits per heavy atom. The summed E-state index contributed by atoms with van der Waals surface area (Å²) in [7, 11) is -4.18. The minimum Gasteiger partial charge on any atom is -0.490 e. The SMILES string of the molecule is CCOc1cc(/C=C2\C(=O)NC(=O)N(c3cccc(Cl)c3)C2=O)cc(Br)c1OS(=O)(=O)c1ccccc1. The van der Waals surface area contributed by atoms with Crippen molar-refractivity contribution in [3.05, 3.63) is 87.4 Å². The Labute approximate surface area is 225 Å². The van der Waals surface area contributed by atoms with Gasteiger partial charge in [0.2, 0.25) is 0 Å². The van der Waals surface area contributed by atoms with Gasteiger partial charge < -0.3 is 8.92 Å². The van der Waals surface area contributed by atoms with Crippen LogP contribution in [0.3, 0.4) is 0 Å². The molecular weight excluding hydrogens is 588 g/mol. The Balaban J connectivity index is 1.73. The molecule has 3 aromatic carbocycles. The average Bonchev–Trinajstić information content (AvgIpc) is 2.84. The number of barbiturate groups is 1. The molecule has 37 heavy (non-hydrogen) atoms. The van der Waals surface area contributed by atoms with Gasteiger partial charge >= 0.3 is 16.1 Å². The second-order valence-corrected chi connectivity index (χ2v) is 10.4. The van der Waals surface area contributed by atoms with E-state index in [0.29, 0.717) is 10.6 Å². The minimum atomic E-state index is -4.18. The molecule has 1 saturated heterocycles. The molecule has 1 aliphatic rings. The first-order chi connectivity index (χ1) is 17.6. The monoisotopic (exact) mass is 604 g/mol. The van der Waals surface area contributed by atoms with Gasteiger partial charge in [0.05, 0.1) is 16.8 Å². The first-order valence-corrected chi connectivity index (χ1v) is 13.3. The lowest BCUT2D eigenvalue weighted by molar-refractivity contribution is -0.122. The number of urea groups is 1. The van der Waals surface area contributed by atoms with Crippen molar-refractivity contribution in [1.29, 1.82) is 0 Å². The highest BCUT2D eigenvalue weighted by Crippen LogP contribution is 2.39. The summed E-state index contributed by atoms with van der Waals surface area (Å²) in [6, 6.07) is 15.6. The van der Waals surface area contributed by atoms with E-state index in [4.69, 9.17) is 20.5 Å². The first kappa shape index (κ1) is 26.4. The van der Waals surface area contributed by atoms with Crippen LogP contribution in [0.5, 0.6) is 11.5 Å². The highest BCUT2D eigenvalue weighted by molar-refractivity contribution is 9.10. The fraction of sp³-hybridized carbons (Fsp3) is 0.0800. The summed E-state index contributed by atoms with van der Waals surface area (Å²) in [5, 5.41) is 2.43. The molecule has 1 fully saturated rings. The zero-order valence-corrected chi connectivity index (χ0v) is 22.3. The number of ether oxygens (including phenoxy) is 1. The van der Waals surface area contributed by atoms with Crippen LogP contribution in [0.2, 0.25) is 5.02 Å². The molecule has 190 valence electrons. The summed E-state index contributed by atoms with van der Waals surface area (Å²) in [6.07, 6.45) is 1.25. The van der Waals surface area contributed by atoms with Gasteiger partial charge in [0.1, 0.15) is 10.5 Å². The van der Waals surface area contributed by atoms with Crippen LogP contribution in [-0.4, -0.2) is 32.9 Å². The summed E-state index contributed by atoms with van der Waals surface area (Å²) < 4.78 is 36.7. The van der Waals surface area contributed by atoms with E-state index in [1.165, 1.54) is 42.5 Å². The molecule has 9 nitrogen and oxygen atoms in total. The number of hydrogen-bond acceptors (Lipinski definition) is 7. The Bertz CT molecular complexity index is 1540. The average molecular weight is 606 g/mol. The number of imide groups is 2. The van der Waals surface area contributed by atoms with E-state index >= 15 is 0 Å². The molecule has 12 heteroatoms. The predicted octanol–water partition coefficient (Wildman–Crippen LogP) is 4.94. The van der Waals surface area contributed by atoms with Gasteiger partial charge in [0.25, 0.3) is 11.8 Å². The predicted molar refractivity (Wildman–Crippen MR) is 140 cm³/mol. The number of hydrogen-bond donors (Lipinski definition) is 1. The molecule has 0 radical (unpaired) electrons. The Hall–Kier alpha value is -3.67. The third kappa shape index (κ3) is 5.68. The number of halogens is 2. The van der Waals surface area contributed by atoms with Gasteiger partial charge in [-0.05, 0) is 77.0 Å². The van der Waals surface area contributed by atoms with Gasteiger partial charge in [-0.15, -0.1) is 0 Å². The Morgan fingerprint density at radius 2 is 1.76 bits per heavy atom. The van der Waals surface area contributed by atoms with Crippen molar-refractivity contribution in [1.82, 2.24) is 5.32 Å². The molecule has 3 aromatic rings. The molecule has 0 aliphatic carbocycles. The lowest BCUT2D eigenvalue weighted by Crippen LogP contribution is -2.54. The Morgan fingerprint density at radius 3 is 2.43 bits per heavy atom. The number of carbonyl (C=O) groups excluding carboxylic acids is 3. The van der Waals surface area contributed by atoms with Crippen LogP contribution in [0.25, 0.3) is 6.08 Å². The molecule has 0 saturated carbocycles. The molecule has 0 spiro atoms. The standard InChI is InChI=1S/C25H18BrClN2O7S/c1-2-35-21-13-15(12-20(26)22(21)36-37(33,34)18-9-4-3-5-10-18)11-19-23(30)28-25(32)29(24(19)31)17-8-6-7-16(27)14-17/h3-14H,2H2,1H3,(H,28,30,32)/b19-11+. The second kappa shape index (κ2) is 10.8. The number of carbonyl (C=O) groups is 3. The lowest BCUT2D eigenvalue weighted by Gasteiger charge is -2.26. The summed E-state index contributed by atoms with van der Waals surface area (Å²) in [5.41, 5.74) is 0.151. The number of nitrogens with zero attached hydrogens (tertiary/aromatic N) is 1. The zero-order chi connectivity index (χ0) is 26.7. The van der Waals surface area contributed by atoms with Crippen molar-refractivity contribution in [3.8, 4) is 11.5 Å². The van der Waals surface area contributed by atoms with Crippen LogP contribution in [0.15, 0.2) is 81.7 Å². The van der Waals surface area contributed by atoms with Gasteiger partial charge in [0.15, 0.2) is 11.5 Å². The van der Waals surface area contributed by atoms with Crippen LogP contribution < -0.4 is 19.1 Å². The van der Waals surface area contributed by atoms with Crippen molar-refractivity contribution >= 4 is 67.3 Å². The van der Waals surface area contributed by atoms with Crippen LogP contribution in [0.4, 0.5) is 10.5 Å². The van der Waals surface area contributed by atoms with Crippen molar-refractivity contribution in [2.45, 2.75) is 11.8 Å². The molecular formula is C25H18BrClN2O7S. The maximum absolute atomic E-state index is 13.2. The number of anilines is 1. The van der Waals surface area contributed by atoms with Crippen molar-refractivity contribution in [2.24, 2.45) is 0 Å². The molecule has 0 atom stereocenters. The highest BCUT2D eigenvalue weighted by atomic mass is 79.9. The molecule has 4 amide bonds. The van der Waals surface area contributed by atoms with Crippen LogP contribution in [0, 0.1) is 0 Å². The first-order valence-electron chi connectivity index (χ1n) is 10.7. The van der Waals surface area contributed by atoms with E-state index in [2.05, 4.69) is 21.2 Å². The van der Waals surface area contributed by atoms with Gasteiger partial charge in [-0.2, -0.15) is 8.42 Å².